The minimum atomic E-state index is -4.47. The van der Waals surface area contributed by atoms with Crippen molar-refractivity contribution in [2.75, 3.05) is 43.1 Å². The maximum atomic E-state index is 13.4. The molecule has 0 spiro atoms. The van der Waals surface area contributed by atoms with Crippen LogP contribution in [0.1, 0.15) is 11.1 Å². The van der Waals surface area contributed by atoms with E-state index in [1.54, 1.807) is 18.3 Å². The lowest BCUT2D eigenvalue weighted by atomic mass is 10.0. The summed E-state index contributed by atoms with van der Waals surface area (Å²) < 4.78 is 45.7. The molecular weight excluding hydrogens is 481 g/mol. The van der Waals surface area contributed by atoms with E-state index in [2.05, 4.69) is 37.6 Å². The number of hydrogen-bond acceptors (Lipinski definition) is 7. The fraction of sp³-hybridized carbons (Fsp3) is 0.259. The molecule has 190 valence electrons. The van der Waals surface area contributed by atoms with Gasteiger partial charge in [-0.1, -0.05) is 42.5 Å². The first-order valence-electron chi connectivity index (χ1n) is 12.0. The minimum Gasteiger partial charge on any atom is -0.378 e. The highest BCUT2D eigenvalue weighted by atomic mass is 19.4. The second-order valence-corrected chi connectivity index (χ2v) is 8.57. The molecule has 1 aliphatic heterocycles. The van der Waals surface area contributed by atoms with E-state index >= 15 is 0 Å². The van der Waals surface area contributed by atoms with Gasteiger partial charge in [0.05, 0.1) is 24.5 Å². The molecular formula is C27H25F3N6O. The monoisotopic (exact) mass is 506 g/mol. The number of alkyl halides is 3. The summed E-state index contributed by atoms with van der Waals surface area (Å²) in [6.07, 6.45) is -2.05. The van der Waals surface area contributed by atoms with Crippen LogP contribution in [0.2, 0.25) is 0 Å². The molecule has 1 fully saturated rings. The summed E-state index contributed by atoms with van der Waals surface area (Å²) in [4.78, 5) is 11.0. The van der Waals surface area contributed by atoms with Crippen LogP contribution in [0.5, 0.6) is 0 Å². The molecule has 5 rings (SSSR count). The van der Waals surface area contributed by atoms with E-state index in [1.807, 2.05) is 29.2 Å². The van der Waals surface area contributed by atoms with Gasteiger partial charge in [-0.25, -0.2) is 9.97 Å². The first-order valence-corrected chi connectivity index (χ1v) is 12.0. The standard InChI is InChI=1S/C27H25F3N6O/c28-27(29,30)21-8-4-7-20(17-21)25-22(18-24(34-35-25)36-13-15-37-16-14-36)23-10-12-32-26(33-23)31-11-9-19-5-2-1-3-6-19/h1-8,10,12,17-18H,9,11,13-16H2,(H,31,32,33). The largest absolute Gasteiger partial charge is 0.416 e. The first-order chi connectivity index (χ1) is 18.0. The maximum Gasteiger partial charge on any atom is 0.416 e. The molecule has 0 radical (unpaired) electrons. The van der Waals surface area contributed by atoms with E-state index in [9.17, 15) is 13.2 Å². The van der Waals surface area contributed by atoms with Crippen molar-refractivity contribution in [2.45, 2.75) is 12.6 Å². The van der Waals surface area contributed by atoms with Crippen molar-refractivity contribution >= 4 is 11.8 Å². The topological polar surface area (TPSA) is 76.1 Å². The molecule has 4 aromatic rings. The average molecular weight is 507 g/mol. The third kappa shape index (κ3) is 6.03. The third-order valence-electron chi connectivity index (χ3n) is 6.05. The van der Waals surface area contributed by atoms with E-state index in [1.165, 1.54) is 11.6 Å². The van der Waals surface area contributed by atoms with Gasteiger partial charge in [-0.2, -0.15) is 13.2 Å². The van der Waals surface area contributed by atoms with E-state index < -0.39 is 11.7 Å². The summed E-state index contributed by atoms with van der Waals surface area (Å²) in [7, 11) is 0. The number of nitrogens with one attached hydrogen (secondary N) is 1. The van der Waals surface area contributed by atoms with Crippen molar-refractivity contribution in [3.63, 3.8) is 0 Å². The van der Waals surface area contributed by atoms with Gasteiger partial charge in [0.1, 0.15) is 5.69 Å². The molecule has 0 aliphatic carbocycles. The molecule has 2 aromatic carbocycles. The zero-order valence-electron chi connectivity index (χ0n) is 19.9. The second kappa shape index (κ2) is 10.9. The van der Waals surface area contributed by atoms with E-state index in [0.29, 0.717) is 67.1 Å². The van der Waals surface area contributed by atoms with Crippen LogP contribution >= 0.6 is 0 Å². The molecule has 1 aliphatic rings. The fourth-order valence-electron chi connectivity index (χ4n) is 4.14. The van der Waals surface area contributed by atoms with E-state index in [0.717, 1.165) is 18.6 Å². The lowest BCUT2D eigenvalue weighted by Gasteiger charge is -2.27. The summed E-state index contributed by atoms with van der Waals surface area (Å²) in [6, 6.07) is 18.7. The van der Waals surface area contributed by atoms with Crippen molar-refractivity contribution in [1.82, 2.24) is 20.2 Å². The van der Waals surface area contributed by atoms with E-state index in [4.69, 9.17) is 4.74 Å². The van der Waals surface area contributed by atoms with Crippen LogP contribution in [-0.2, 0) is 17.3 Å². The van der Waals surface area contributed by atoms with E-state index in [-0.39, 0.29) is 0 Å². The van der Waals surface area contributed by atoms with Gasteiger partial charge in [0.2, 0.25) is 5.95 Å². The van der Waals surface area contributed by atoms with Gasteiger partial charge in [-0.3, -0.25) is 0 Å². The second-order valence-electron chi connectivity index (χ2n) is 8.57. The molecule has 3 heterocycles. The highest BCUT2D eigenvalue weighted by Crippen LogP contribution is 2.35. The number of rotatable bonds is 7. The highest BCUT2D eigenvalue weighted by molar-refractivity contribution is 5.81. The van der Waals surface area contributed by atoms with Gasteiger partial charge in [0.25, 0.3) is 0 Å². The Bertz CT molecular complexity index is 1340. The Morgan fingerprint density at radius 3 is 2.51 bits per heavy atom. The molecule has 7 nitrogen and oxygen atoms in total. The molecule has 10 heteroatoms. The number of benzene rings is 2. The predicted molar refractivity (Wildman–Crippen MR) is 135 cm³/mol. The molecule has 0 saturated carbocycles. The zero-order chi connectivity index (χ0) is 25.7. The average Bonchev–Trinajstić information content (AvgIpc) is 2.94. The molecule has 37 heavy (non-hydrogen) atoms. The Morgan fingerprint density at radius 1 is 0.919 bits per heavy atom. The Morgan fingerprint density at radius 2 is 1.73 bits per heavy atom. The Balaban J connectivity index is 1.49. The number of morpholine rings is 1. The molecule has 1 saturated heterocycles. The van der Waals surface area contributed by atoms with Crippen LogP contribution < -0.4 is 10.2 Å². The molecule has 0 atom stereocenters. The number of nitrogens with zero attached hydrogens (tertiary/aromatic N) is 5. The SMILES string of the molecule is FC(F)(F)c1cccc(-c2nnc(N3CCOCC3)cc2-c2ccnc(NCCc3ccccc3)n2)c1. The highest BCUT2D eigenvalue weighted by Gasteiger charge is 2.31. The van der Waals surface area contributed by atoms with Gasteiger partial charge in [0, 0.05) is 37.0 Å². The van der Waals surface area contributed by atoms with Gasteiger partial charge < -0.3 is 15.0 Å². The molecule has 0 unspecified atom stereocenters. The van der Waals surface area contributed by atoms with Crippen LogP contribution in [-0.4, -0.2) is 53.0 Å². The third-order valence-corrected chi connectivity index (χ3v) is 6.05. The summed E-state index contributed by atoms with van der Waals surface area (Å²) in [5.41, 5.74) is 2.17. The Hall–Kier alpha value is -4.05. The quantitative estimate of drug-likeness (QED) is 0.373. The molecule has 1 N–H and O–H groups in total. The number of aromatic nitrogens is 4. The smallest absolute Gasteiger partial charge is 0.378 e. The zero-order valence-corrected chi connectivity index (χ0v) is 19.9. The predicted octanol–water partition coefficient (Wildman–Crippen LogP) is 5.11. The van der Waals surface area contributed by atoms with Gasteiger partial charge in [-0.05, 0) is 36.2 Å². The molecule has 2 aromatic heterocycles. The summed E-state index contributed by atoms with van der Waals surface area (Å²) in [5, 5.41) is 12.0. The fourth-order valence-corrected chi connectivity index (χ4v) is 4.14. The van der Waals surface area contributed by atoms with Crippen LogP contribution in [0.15, 0.2) is 72.9 Å². The summed E-state index contributed by atoms with van der Waals surface area (Å²) in [5.74, 6) is 1.04. The van der Waals surface area contributed by atoms with Crippen LogP contribution in [0, 0.1) is 0 Å². The Labute approximate surface area is 212 Å². The van der Waals surface area contributed by atoms with Crippen LogP contribution in [0.25, 0.3) is 22.5 Å². The van der Waals surface area contributed by atoms with Gasteiger partial charge in [0.15, 0.2) is 5.82 Å². The normalized spacial score (nSPS) is 14.0. The van der Waals surface area contributed by atoms with Gasteiger partial charge >= 0.3 is 6.18 Å². The van der Waals surface area contributed by atoms with Crippen LogP contribution in [0.4, 0.5) is 24.9 Å². The number of ether oxygens (including phenoxy) is 1. The Kier molecular flexibility index (Phi) is 7.27. The molecule has 0 bridgehead atoms. The van der Waals surface area contributed by atoms with Crippen molar-refractivity contribution in [3.8, 4) is 22.5 Å². The summed E-state index contributed by atoms with van der Waals surface area (Å²) in [6.45, 7) is 3.05. The summed E-state index contributed by atoms with van der Waals surface area (Å²) >= 11 is 0. The maximum absolute atomic E-state index is 13.4. The number of halogens is 3. The van der Waals surface area contributed by atoms with Crippen molar-refractivity contribution in [3.05, 3.63) is 84.1 Å². The lowest BCUT2D eigenvalue weighted by Crippen LogP contribution is -2.36. The number of hydrogen-bond donors (Lipinski definition) is 1. The van der Waals surface area contributed by atoms with Crippen LogP contribution in [0.3, 0.4) is 0 Å². The minimum absolute atomic E-state index is 0.308. The number of anilines is 2. The first kappa shape index (κ1) is 24.6. The lowest BCUT2D eigenvalue weighted by molar-refractivity contribution is -0.137. The van der Waals surface area contributed by atoms with Crippen molar-refractivity contribution in [1.29, 1.82) is 0 Å². The van der Waals surface area contributed by atoms with Crippen molar-refractivity contribution in [2.24, 2.45) is 0 Å². The molecule has 0 amide bonds. The van der Waals surface area contributed by atoms with Crippen molar-refractivity contribution < 1.29 is 17.9 Å². The van der Waals surface area contributed by atoms with Gasteiger partial charge in [-0.15, -0.1) is 10.2 Å².